The fourth-order valence-electron chi connectivity index (χ4n) is 2.48. The van der Waals surface area contributed by atoms with Gasteiger partial charge in [-0.1, -0.05) is 26.2 Å². The van der Waals surface area contributed by atoms with Crippen molar-refractivity contribution in [2.45, 2.75) is 70.2 Å². The van der Waals surface area contributed by atoms with Crippen LogP contribution >= 0.6 is 0 Å². The van der Waals surface area contributed by atoms with Gasteiger partial charge in [0.05, 0.1) is 12.0 Å². The highest BCUT2D eigenvalue weighted by Gasteiger charge is 2.47. The van der Waals surface area contributed by atoms with Crippen LogP contribution in [-0.4, -0.2) is 24.9 Å². The van der Waals surface area contributed by atoms with Gasteiger partial charge >= 0.3 is 6.18 Å². The van der Waals surface area contributed by atoms with Gasteiger partial charge in [-0.2, -0.15) is 13.2 Å². The molecule has 0 aromatic rings. The van der Waals surface area contributed by atoms with E-state index in [0.717, 1.165) is 25.7 Å². The zero-order valence-electron chi connectivity index (χ0n) is 11.0. The summed E-state index contributed by atoms with van der Waals surface area (Å²) in [6.45, 7) is 2.54. The minimum Gasteiger partial charge on any atom is -0.378 e. The van der Waals surface area contributed by atoms with Crippen molar-refractivity contribution in [3.05, 3.63) is 0 Å². The van der Waals surface area contributed by atoms with E-state index in [1.165, 1.54) is 0 Å². The Morgan fingerprint density at radius 3 is 2.50 bits per heavy atom. The third kappa shape index (κ3) is 5.14. The summed E-state index contributed by atoms with van der Waals surface area (Å²) in [5.74, 6) is -1.38. The van der Waals surface area contributed by atoms with Crippen LogP contribution in [0.3, 0.4) is 0 Å². The standard InChI is InChI=1S/C13H24F3NO/c1-2-3-4-5-8-18-12-7-6-10(17)9-11(12)13(14,15)16/h10-12H,2-9,17H2,1H3. The van der Waals surface area contributed by atoms with Crippen molar-refractivity contribution in [1.29, 1.82) is 0 Å². The van der Waals surface area contributed by atoms with Gasteiger partial charge in [0.15, 0.2) is 0 Å². The molecule has 3 unspecified atom stereocenters. The van der Waals surface area contributed by atoms with Crippen LogP contribution in [0.25, 0.3) is 0 Å². The molecule has 1 rings (SSSR count). The molecule has 0 aliphatic heterocycles. The molecule has 3 atom stereocenters. The third-order valence-corrected chi connectivity index (χ3v) is 3.58. The predicted octanol–water partition coefficient (Wildman–Crippen LogP) is 3.64. The molecular formula is C13H24F3NO. The monoisotopic (exact) mass is 267 g/mol. The van der Waals surface area contributed by atoms with Crippen molar-refractivity contribution in [3.63, 3.8) is 0 Å². The van der Waals surface area contributed by atoms with Gasteiger partial charge in [0.2, 0.25) is 0 Å². The molecule has 0 saturated heterocycles. The fraction of sp³-hybridized carbons (Fsp3) is 1.00. The zero-order chi connectivity index (χ0) is 13.6. The van der Waals surface area contributed by atoms with Crippen molar-refractivity contribution >= 4 is 0 Å². The number of nitrogens with two attached hydrogens (primary N) is 1. The van der Waals surface area contributed by atoms with Crippen LogP contribution in [-0.2, 0) is 4.74 Å². The second-order valence-electron chi connectivity index (χ2n) is 5.19. The molecule has 1 fully saturated rings. The maximum atomic E-state index is 12.9. The first-order chi connectivity index (χ1) is 8.45. The lowest BCUT2D eigenvalue weighted by atomic mass is 9.83. The van der Waals surface area contributed by atoms with Crippen LogP contribution in [0.2, 0.25) is 0 Å². The molecule has 1 aliphatic carbocycles. The summed E-state index contributed by atoms with van der Waals surface area (Å²) < 4.78 is 44.0. The Bertz CT molecular complexity index is 233. The van der Waals surface area contributed by atoms with Crippen LogP contribution in [0, 0.1) is 5.92 Å². The number of alkyl halides is 3. The largest absolute Gasteiger partial charge is 0.394 e. The lowest BCUT2D eigenvalue weighted by Gasteiger charge is -2.35. The summed E-state index contributed by atoms with van der Waals surface area (Å²) in [6, 6.07) is -0.337. The van der Waals surface area contributed by atoms with Crippen molar-refractivity contribution < 1.29 is 17.9 Å². The second-order valence-corrected chi connectivity index (χ2v) is 5.19. The third-order valence-electron chi connectivity index (χ3n) is 3.58. The highest BCUT2D eigenvalue weighted by Crippen LogP contribution is 2.38. The molecule has 0 amide bonds. The van der Waals surface area contributed by atoms with Gasteiger partial charge in [-0.25, -0.2) is 0 Å². The number of hydrogen-bond donors (Lipinski definition) is 1. The summed E-state index contributed by atoms with van der Waals surface area (Å²) in [5, 5.41) is 0. The molecule has 0 aromatic carbocycles. The molecule has 0 bridgehead atoms. The molecule has 0 heterocycles. The first kappa shape index (κ1) is 15.8. The normalized spacial score (nSPS) is 29.5. The lowest BCUT2D eigenvalue weighted by molar-refractivity contribution is -0.217. The molecule has 1 saturated carbocycles. The first-order valence-corrected chi connectivity index (χ1v) is 6.89. The smallest absolute Gasteiger partial charge is 0.378 e. The van der Waals surface area contributed by atoms with Gasteiger partial charge in [-0.3, -0.25) is 0 Å². The average Bonchev–Trinajstić information content (AvgIpc) is 2.29. The predicted molar refractivity (Wildman–Crippen MR) is 65.3 cm³/mol. The maximum Gasteiger partial charge on any atom is 0.394 e. The van der Waals surface area contributed by atoms with Gasteiger partial charge in [-0.15, -0.1) is 0 Å². The van der Waals surface area contributed by atoms with E-state index < -0.39 is 18.2 Å². The van der Waals surface area contributed by atoms with Gasteiger partial charge in [-0.05, 0) is 25.7 Å². The van der Waals surface area contributed by atoms with Crippen molar-refractivity contribution in [2.75, 3.05) is 6.61 Å². The number of halogens is 3. The van der Waals surface area contributed by atoms with Crippen LogP contribution in [0.4, 0.5) is 13.2 Å². The van der Waals surface area contributed by atoms with E-state index in [4.69, 9.17) is 10.5 Å². The quantitative estimate of drug-likeness (QED) is 0.746. The minimum absolute atomic E-state index is 0.00310. The Morgan fingerprint density at radius 2 is 1.89 bits per heavy atom. The summed E-state index contributed by atoms with van der Waals surface area (Å²) >= 11 is 0. The van der Waals surface area contributed by atoms with E-state index >= 15 is 0 Å². The Kier molecular flexibility index (Phi) is 6.43. The molecule has 0 spiro atoms. The van der Waals surface area contributed by atoms with E-state index in [2.05, 4.69) is 6.92 Å². The van der Waals surface area contributed by atoms with Crippen LogP contribution in [0.15, 0.2) is 0 Å². The minimum atomic E-state index is -4.19. The molecule has 2 nitrogen and oxygen atoms in total. The Morgan fingerprint density at radius 1 is 1.17 bits per heavy atom. The van der Waals surface area contributed by atoms with Gasteiger partial charge in [0, 0.05) is 12.6 Å². The van der Waals surface area contributed by atoms with E-state index in [1.807, 2.05) is 0 Å². The van der Waals surface area contributed by atoms with E-state index in [1.54, 1.807) is 0 Å². The molecule has 18 heavy (non-hydrogen) atoms. The molecule has 0 aromatic heterocycles. The fourth-order valence-corrected chi connectivity index (χ4v) is 2.48. The Labute approximate surface area is 107 Å². The SMILES string of the molecule is CCCCCCOC1CCC(N)CC1C(F)(F)F. The van der Waals surface area contributed by atoms with Gasteiger partial charge in [0.1, 0.15) is 0 Å². The highest BCUT2D eigenvalue weighted by molar-refractivity contribution is 4.86. The maximum absolute atomic E-state index is 12.9. The highest BCUT2D eigenvalue weighted by atomic mass is 19.4. The number of ether oxygens (including phenoxy) is 1. The van der Waals surface area contributed by atoms with Crippen LogP contribution < -0.4 is 5.73 Å². The lowest BCUT2D eigenvalue weighted by Crippen LogP contribution is -2.44. The molecule has 0 radical (unpaired) electrons. The Hall–Kier alpha value is -0.290. The van der Waals surface area contributed by atoms with Crippen molar-refractivity contribution in [1.82, 2.24) is 0 Å². The number of hydrogen-bond acceptors (Lipinski definition) is 2. The summed E-state index contributed by atoms with van der Waals surface area (Å²) in [5.41, 5.74) is 5.62. The molecule has 108 valence electrons. The molecular weight excluding hydrogens is 243 g/mol. The molecule has 1 aliphatic rings. The van der Waals surface area contributed by atoms with Crippen molar-refractivity contribution in [2.24, 2.45) is 11.7 Å². The topological polar surface area (TPSA) is 35.2 Å². The zero-order valence-corrected chi connectivity index (χ0v) is 11.0. The Balaban J connectivity index is 2.36. The second kappa shape index (κ2) is 7.34. The number of unbranched alkanes of at least 4 members (excludes halogenated alkanes) is 3. The molecule has 5 heteroatoms. The molecule has 2 N–H and O–H groups in total. The van der Waals surface area contributed by atoms with Gasteiger partial charge < -0.3 is 10.5 Å². The van der Waals surface area contributed by atoms with E-state index in [0.29, 0.717) is 19.4 Å². The van der Waals surface area contributed by atoms with Crippen LogP contribution in [0.1, 0.15) is 51.9 Å². The number of rotatable bonds is 6. The first-order valence-electron chi connectivity index (χ1n) is 6.89. The van der Waals surface area contributed by atoms with Crippen molar-refractivity contribution in [3.8, 4) is 0 Å². The summed E-state index contributed by atoms with van der Waals surface area (Å²) in [6.07, 6.45) is 0.290. The van der Waals surface area contributed by atoms with Crippen LogP contribution in [0.5, 0.6) is 0 Å². The van der Waals surface area contributed by atoms with E-state index in [9.17, 15) is 13.2 Å². The van der Waals surface area contributed by atoms with Gasteiger partial charge in [0.25, 0.3) is 0 Å². The average molecular weight is 267 g/mol. The van der Waals surface area contributed by atoms with E-state index in [-0.39, 0.29) is 12.5 Å². The summed E-state index contributed by atoms with van der Waals surface area (Å²) in [4.78, 5) is 0. The summed E-state index contributed by atoms with van der Waals surface area (Å²) in [7, 11) is 0.